The van der Waals surface area contributed by atoms with Crippen molar-refractivity contribution in [2.75, 3.05) is 0 Å². The molecule has 0 amide bonds. The van der Waals surface area contributed by atoms with Crippen LogP contribution in [-0.2, 0) is 6.42 Å². The number of rotatable bonds is 5. The summed E-state index contributed by atoms with van der Waals surface area (Å²) < 4.78 is 18.8. The Bertz CT molecular complexity index is 610. The first-order chi connectivity index (χ1) is 9.95. The maximum Gasteiger partial charge on any atom is 0.123 e. The summed E-state index contributed by atoms with van der Waals surface area (Å²) in [5, 5.41) is 0. The summed E-state index contributed by atoms with van der Waals surface area (Å²) in [5.41, 5.74) is 9.31. The van der Waals surface area contributed by atoms with Crippen LogP contribution in [0.2, 0.25) is 0 Å². The Labute approximate surface area is 125 Å². The van der Waals surface area contributed by atoms with E-state index in [9.17, 15) is 4.39 Å². The molecule has 112 valence electrons. The average molecular weight is 287 g/mol. The number of aryl methyl sites for hydroxylation is 1. The highest BCUT2D eigenvalue weighted by molar-refractivity contribution is 5.33. The van der Waals surface area contributed by atoms with E-state index < -0.39 is 0 Å². The van der Waals surface area contributed by atoms with Crippen LogP contribution in [0.5, 0.6) is 5.75 Å². The van der Waals surface area contributed by atoms with Crippen LogP contribution < -0.4 is 10.5 Å². The van der Waals surface area contributed by atoms with Gasteiger partial charge in [0, 0.05) is 6.04 Å². The molecule has 21 heavy (non-hydrogen) atoms. The summed E-state index contributed by atoms with van der Waals surface area (Å²) in [6.45, 7) is 5.90. The van der Waals surface area contributed by atoms with E-state index in [1.54, 1.807) is 12.1 Å². The second kappa shape index (κ2) is 6.72. The molecule has 0 aliphatic carbocycles. The zero-order valence-corrected chi connectivity index (χ0v) is 12.8. The minimum Gasteiger partial charge on any atom is -0.491 e. The van der Waals surface area contributed by atoms with Crippen LogP contribution in [0.25, 0.3) is 0 Å². The molecule has 1 unspecified atom stereocenters. The maximum atomic E-state index is 13.1. The second-order valence-corrected chi connectivity index (χ2v) is 5.62. The lowest BCUT2D eigenvalue weighted by atomic mass is 9.96. The monoisotopic (exact) mass is 287 g/mol. The number of benzene rings is 2. The van der Waals surface area contributed by atoms with Gasteiger partial charge in [0.15, 0.2) is 0 Å². The molecule has 0 bridgehead atoms. The average Bonchev–Trinajstić information content (AvgIpc) is 2.41. The minimum absolute atomic E-state index is 0.134. The lowest BCUT2D eigenvalue weighted by Crippen LogP contribution is -2.14. The van der Waals surface area contributed by atoms with Gasteiger partial charge in [0.2, 0.25) is 0 Å². The van der Waals surface area contributed by atoms with Gasteiger partial charge < -0.3 is 10.5 Å². The number of ether oxygens (including phenoxy) is 1. The predicted molar refractivity (Wildman–Crippen MR) is 84.0 cm³/mol. The molecule has 0 saturated carbocycles. The Kier molecular flexibility index (Phi) is 4.97. The molecule has 1 atom stereocenters. The van der Waals surface area contributed by atoms with E-state index in [-0.39, 0.29) is 18.0 Å². The molecule has 0 heterocycles. The quantitative estimate of drug-likeness (QED) is 0.896. The van der Waals surface area contributed by atoms with Gasteiger partial charge in [-0.05, 0) is 68.1 Å². The second-order valence-electron chi connectivity index (χ2n) is 5.62. The van der Waals surface area contributed by atoms with Gasteiger partial charge in [-0.1, -0.05) is 18.2 Å². The maximum absolute atomic E-state index is 13.1. The summed E-state index contributed by atoms with van der Waals surface area (Å²) in [6.07, 6.45) is 0.813. The van der Waals surface area contributed by atoms with Gasteiger partial charge in [-0.2, -0.15) is 0 Å². The molecule has 3 heteroatoms. The fourth-order valence-corrected chi connectivity index (χ4v) is 2.33. The molecule has 2 nitrogen and oxygen atoms in total. The topological polar surface area (TPSA) is 35.2 Å². The summed E-state index contributed by atoms with van der Waals surface area (Å²) in [6, 6.07) is 12.5. The molecule has 0 spiro atoms. The summed E-state index contributed by atoms with van der Waals surface area (Å²) >= 11 is 0. The van der Waals surface area contributed by atoms with Gasteiger partial charge >= 0.3 is 0 Å². The van der Waals surface area contributed by atoms with E-state index in [2.05, 4.69) is 0 Å². The molecule has 0 aliphatic heterocycles. The highest BCUT2D eigenvalue weighted by Crippen LogP contribution is 2.23. The molecule has 0 radical (unpaired) electrons. The van der Waals surface area contributed by atoms with Crippen LogP contribution in [0.15, 0.2) is 42.5 Å². The van der Waals surface area contributed by atoms with Crippen molar-refractivity contribution < 1.29 is 9.13 Å². The van der Waals surface area contributed by atoms with Gasteiger partial charge in [0.1, 0.15) is 11.6 Å². The Morgan fingerprint density at radius 2 is 1.90 bits per heavy atom. The van der Waals surface area contributed by atoms with E-state index in [0.717, 1.165) is 22.4 Å². The lowest BCUT2D eigenvalue weighted by Gasteiger charge is -2.16. The summed E-state index contributed by atoms with van der Waals surface area (Å²) in [5.74, 6) is 0.617. The number of halogens is 1. The van der Waals surface area contributed by atoms with E-state index in [1.165, 1.54) is 6.07 Å². The minimum atomic E-state index is -0.211. The van der Waals surface area contributed by atoms with Gasteiger partial charge in [-0.25, -0.2) is 4.39 Å². The normalized spacial score (nSPS) is 12.5. The van der Waals surface area contributed by atoms with Gasteiger partial charge in [-0.3, -0.25) is 0 Å². The lowest BCUT2D eigenvalue weighted by molar-refractivity contribution is 0.242. The third-order valence-corrected chi connectivity index (χ3v) is 3.40. The van der Waals surface area contributed by atoms with Crippen LogP contribution in [-0.4, -0.2) is 6.10 Å². The van der Waals surface area contributed by atoms with Gasteiger partial charge in [0.05, 0.1) is 6.10 Å². The fourth-order valence-electron chi connectivity index (χ4n) is 2.33. The first kappa shape index (κ1) is 15.5. The predicted octanol–water partition coefficient (Wildman–Crippen LogP) is 4.16. The van der Waals surface area contributed by atoms with Gasteiger partial charge in [-0.15, -0.1) is 0 Å². The Hall–Kier alpha value is -1.87. The SMILES string of the molecule is Cc1cc(F)ccc1CC(N)c1cccc(OC(C)C)c1. The molecule has 0 fully saturated rings. The van der Waals surface area contributed by atoms with Crippen LogP contribution in [0.1, 0.15) is 36.6 Å². The van der Waals surface area contributed by atoms with Crippen molar-refractivity contribution in [1.82, 2.24) is 0 Å². The van der Waals surface area contributed by atoms with E-state index >= 15 is 0 Å². The highest BCUT2D eigenvalue weighted by atomic mass is 19.1. The molecule has 2 aromatic rings. The van der Waals surface area contributed by atoms with E-state index in [0.29, 0.717) is 6.42 Å². The van der Waals surface area contributed by atoms with Crippen LogP contribution in [0, 0.1) is 12.7 Å². The third kappa shape index (κ3) is 4.30. The highest BCUT2D eigenvalue weighted by Gasteiger charge is 2.10. The Balaban J connectivity index is 2.14. The van der Waals surface area contributed by atoms with Crippen molar-refractivity contribution >= 4 is 0 Å². The number of nitrogens with two attached hydrogens (primary N) is 1. The molecule has 2 N–H and O–H groups in total. The van der Waals surface area contributed by atoms with Gasteiger partial charge in [0.25, 0.3) is 0 Å². The zero-order valence-electron chi connectivity index (χ0n) is 12.8. The zero-order chi connectivity index (χ0) is 15.4. The molecule has 0 aliphatic rings. The molecule has 0 saturated heterocycles. The van der Waals surface area contributed by atoms with Crippen molar-refractivity contribution in [2.45, 2.75) is 39.3 Å². The van der Waals surface area contributed by atoms with E-state index in [1.807, 2.05) is 45.0 Å². The summed E-state index contributed by atoms with van der Waals surface area (Å²) in [7, 11) is 0. The largest absolute Gasteiger partial charge is 0.491 e. The van der Waals surface area contributed by atoms with Crippen molar-refractivity contribution in [1.29, 1.82) is 0 Å². The Morgan fingerprint density at radius 1 is 1.14 bits per heavy atom. The first-order valence-electron chi connectivity index (χ1n) is 7.23. The van der Waals surface area contributed by atoms with Crippen molar-refractivity contribution in [2.24, 2.45) is 5.73 Å². The molecular formula is C18H22FNO. The smallest absolute Gasteiger partial charge is 0.123 e. The molecule has 2 rings (SSSR count). The van der Waals surface area contributed by atoms with Crippen molar-refractivity contribution in [3.8, 4) is 5.75 Å². The van der Waals surface area contributed by atoms with Crippen LogP contribution in [0.3, 0.4) is 0 Å². The summed E-state index contributed by atoms with van der Waals surface area (Å²) in [4.78, 5) is 0. The van der Waals surface area contributed by atoms with Crippen LogP contribution >= 0.6 is 0 Å². The van der Waals surface area contributed by atoms with Crippen LogP contribution in [0.4, 0.5) is 4.39 Å². The van der Waals surface area contributed by atoms with Crippen molar-refractivity contribution in [3.63, 3.8) is 0 Å². The fraction of sp³-hybridized carbons (Fsp3) is 0.333. The molecule has 0 aromatic heterocycles. The van der Waals surface area contributed by atoms with E-state index in [4.69, 9.17) is 10.5 Å². The molecular weight excluding hydrogens is 265 g/mol. The Morgan fingerprint density at radius 3 is 2.57 bits per heavy atom. The number of hydrogen-bond acceptors (Lipinski definition) is 2. The third-order valence-electron chi connectivity index (χ3n) is 3.40. The standard InChI is InChI=1S/C18H22FNO/c1-12(2)21-17-6-4-5-15(10-17)18(20)11-14-7-8-16(19)9-13(14)3/h4-10,12,18H,11,20H2,1-3H3. The molecule has 2 aromatic carbocycles. The first-order valence-corrected chi connectivity index (χ1v) is 7.23. The van der Waals surface area contributed by atoms with Crippen molar-refractivity contribution in [3.05, 3.63) is 65.0 Å². The number of hydrogen-bond donors (Lipinski definition) is 1.